The minimum atomic E-state index is 0.253. The molecule has 96 valence electrons. The minimum absolute atomic E-state index is 0.253. The molecule has 0 amide bonds. The molecule has 1 unspecified atom stereocenters. The summed E-state index contributed by atoms with van der Waals surface area (Å²) in [5.74, 6) is 0.253. The molecule has 0 aliphatic heterocycles. The predicted octanol–water partition coefficient (Wildman–Crippen LogP) is 2.22. The zero-order valence-electron chi connectivity index (χ0n) is 10.6. The van der Waals surface area contributed by atoms with Crippen LogP contribution in [0.2, 0.25) is 0 Å². The molecule has 1 heterocycles. The Kier molecular flexibility index (Phi) is 4.33. The first kappa shape index (κ1) is 13.1. The first-order chi connectivity index (χ1) is 8.68. The third kappa shape index (κ3) is 3.09. The number of thiocarbonyl (C=S) groups is 1. The lowest BCUT2D eigenvalue weighted by Gasteiger charge is -2.10. The van der Waals surface area contributed by atoms with Crippen molar-refractivity contribution < 1.29 is 0 Å². The summed E-state index contributed by atoms with van der Waals surface area (Å²) in [7, 11) is 0. The number of H-pyrrole nitrogens is 1. The van der Waals surface area contributed by atoms with Crippen molar-refractivity contribution in [3.8, 4) is 0 Å². The van der Waals surface area contributed by atoms with E-state index < -0.39 is 0 Å². The Labute approximate surface area is 113 Å². The van der Waals surface area contributed by atoms with Crippen LogP contribution in [0.5, 0.6) is 0 Å². The van der Waals surface area contributed by atoms with E-state index in [2.05, 4.69) is 34.7 Å². The van der Waals surface area contributed by atoms with E-state index in [4.69, 9.17) is 18.0 Å². The maximum atomic E-state index is 5.57. The quantitative estimate of drug-likeness (QED) is 0.552. The number of fused-ring (bicyclic) bond motifs is 1. The third-order valence-electron chi connectivity index (χ3n) is 3.18. The highest BCUT2D eigenvalue weighted by molar-refractivity contribution is 7.80. The second-order valence-corrected chi connectivity index (χ2v) is 5.09. The molecule has 0 aliphatic rings. The number of hydrogen-bond acceptors (Lipinski definition) is 2. The Morgan fingerprint density at radius 1 is 1.44 bits per heavy atom. The van der Waals surface area contributed by atoms with Gasteiger partial charge >= 0.3 is 0 Å². The Balaban J connectivity index is 1.85. The van der Waals surface area contributed by atoms with Crippen LogP contribution in [0.4, 0.5) is 0 Å². The molecule has 0 bridgehead atoms. The predicted molar refractivity (Wildman–Crippen MR) is 80.8 cm³/mol. The van der Waals surface area contributed by atoms with E-state index in [1.54, 1.807) is 0 Å². The van der Waals surface area contributed by atoms with Crippen LogP contribution >= 0.6 is 12.2 Å². The Bertz CT molecular complexity index is 533. The van der Waals surface area contributed by atoms with Gasteiger partial charge in [-0.15, -0.1) is 0 Å². The van der Waals surface area contributed by atoms with E-state index >= 15 is 0 Å². The summed E-state index contributed by atoms with van der Waals surface area (Å²) < 4.78 is 0. The van der Waals surface area contributed by atoms with Crippen molar-refractivity contribution >= 4 is 28.1 Å². The average Bonchev–Trinajstić information content (AvgIpc) is 2.77. The molecule has 1 aromatic heterocycles. The third-order valence-corrected chi connectivity index (χ3v) is 3.58. The molecule has 0 saturated heterocycles. The van der Waals surface area contributed by atoms with Crippen molar-refractivity contribution in [2.75, 3.05) is 13.1 Å². The summed E-state index contributed by atoms with van der Waals surface area (Å²) in [5.41, 5.74) is 8.12. The van der Waals surface area contributed by atoms with Crippen LogP contribution in [0.25, 0.3) is 10.9 Å². The lowest BCUT2D eigenvalue weighted by Crippen LogP contribution is -2.30. The highest BCUT2D eigenvalue weighted by Crippen LogP contribution is 2.17. The minimum Gasteiger partial charge on any atom is -0.393 e. The van der Waals surface area contributed by atoms with E-state index in [1.807, 2.05) is 13.0 Å². The summed E-state index contributed by atoms with van der Waals surface area (Å²) in [4.78, 5) is 3.87. The van der Waals surface area contributed by atoms with Gasteiger partial charge in [-0.05, 0) is 24.6 Å². The van der Waals surface area contributed by atoms with Crippen LogP contribution in [-0.4, -0.2) is 23.1 Å². The van der Waals surface area contributed by atoms with Gasteiger partial charge in [-0.2, -0.15) is 0 Å². The van der Waals surface area contributed by atoms with Gasteiger partial charge in [0.1, 0.15) is 0 Å². The van der Waals surface area contributed by atoms with Gasteiger partial charge in [0.05, 0.1) is 4.99 Å². The zero-order valence-corrected chi connectivity index (χ0v) is 11.4. The van der Waals surface area contributed by atoms with Crippen molar-refractivity contribution in [1.82, 2.24) is 10.3 Å². The van der Waals surface area contributed by atoms with Crippen LogP contribution in [0.3, 0.4) is 0 Å². The summed E-state index contributed by atoms with van der Waals surface area (Å²) in [6.07, 6.45) is 3.09. The van der Waals surface area contributed by atoms with E-state index in [1.165, 1.54) is 16.5 Å². The molecule has 4 N–H and O–H groups in total. The molecule has 1 atom stereocenters. The monoisotopic (exact) mass is 261 g/mol. The van der Waals surface area contributed by atoms with Crippen molar-refractivity contribution in [2.24, 2.45) is 11.7 Å². The number of rotatable bonds is 6. The average molecular weight is 261 g/mol. The molecule has 2 aromatic rings. The van der Waals surface area contributed by atoms with Crippen LogP contribution < -0.4 is 11.1 Å². The van der Waals surface area contributed by atoms with E-state index in [-0.39, 0.29) is 5.92 Å². The van der Waals surface area contributed by atoms with Crippen molar-refractivity contribution in [3.05, 3.63) is 36.0 Å². The molecule has 4 heteroatoms. The van der Waals surface area contributed by atoms with Gasteiger partial charge < -0.3 is 16.0 Å². The molecule has 0 aliphatic carbocycles. The van der Waals surface area contributed by atoms with E-state index in [0.29, 0.717) is 4.99 Å². The van der Waals surface area contributed by atoms with Crippen LogP contribution in [0.15, 0.2) is 30.5 Å². The zero-order chi connectivity index (χ0) is 13.0. The van der Waals surface area contributed by atoms with Gasteiger partial charge in [-0.3, -0.25) is 0 Å². The number of para-hydroxylation sites is 1. The molecule has 2 rings (SSSR count). The smallest absolute Gasteiger partial charge is 0.0768 e. The molecular weight excluding hydrogens is 242 g/mol. The Morgan fingerprint density at radius 2 is 2.22 bits per heavy atom. The topological polar surface area (TPSA) is 53.8 Å². The molecule has 0 saturated carbocycles. The first-order valence-corrected chi connectivity index (χ1v) is 6.64. The van der Waals surface area contributed by atoms with Gasteiger partial charge in [0.2, 0.25) is 0 Å². The lowest BCUT2D eigenvalue weighted by atomic mass is 10.1. The molecule has 0 spiro atoms. The fourth-order valence-electron chi connectivity index (χ4n) is 1.98. The van der Waals surface area contributed by atoms with Gasteiger partial charge in [0, 0.05) is 29.6 Å². The number of hydrogen-bond donors (Lipinski definition) is 3. The van der Waals surface area contributed by atoms with E-state index in [9.17, 15) is 0 Å². The van der Waals surface area contributed by atoms with Crippen molar-refractivity contribution in [1.29, 1.82) is 0 Å². The number of aromatic amines is 1. The summed E-state index contributed by atoms with van der Waals surface area (Å²) in [6, 6.07) is 8.37. The SMILES string of the molecule is CC(CNCCc1c[nH]c2ccccc12)C(N)=S. The molecular formula is C14H19N3S. The van der Waals surface area contributed by atoms with Gasteiger partial charge in [-0.25, -0.2) is 0 Å². The van der Waals surface area contributed by atoms with Crippen LogP contribution in [0.1, 0.15) is 12.5 Å². The second-order valence-electron chi connectivity index (χ2n) is 4.62. The number of nitrogens with two attached hydrogens (primary N) is 1. The number of benzene rings is 1. The van der Waals surface area contributed by atoms with Crippen LogP contribution in [-0.2, 0) is 6.42 Å². The van der Waals surface area contributed by atoms with Gasteiger partial charge in [0.25, 0.3) is 0 Å². The van der Waals surface area contributed by atoms with Crippen molar-refractivity contribution in [3.63, 3.8) is 0 Å². The molecule has 1 aromatic carbocycles. The lowest BCUT2D eigenvalue weighted by molar-refractivity contribution is 0.617. The number of aromatic nitrogens is 1. The Hall–Kier alpha value is -1.39. The normalized spacial score (nSPS) is 12.7. The standard InChI is InChI=1S/C14H19N3S/c1-10(14(15)18)8-16-7-6-11-9-17-13-5-3-2-4-12(11)13/h2-5,9-10,16-17H,6-8H2,1H3,(H2,15,18). The van der Waals surface area contributed by atoms with Gasteiger partial charge in [-0.1, -0.05) is 37.3 Å². The molecule has 0 fully saturated rings. The molecule has 3 nitrogen and oxygen atoms in total. The van der Waals surface area contributed by atoms with Crippen molar-refractivity contribution in [2.45, 2.75) is 13.3 Å². The van der Waals surface area contributed by atoms with Crippen LogP contribution in [0, 0.1) is 5.92 Å². The van der Waals surface area contributed by atoms with Gasteiger partial charge in [0.15, 0.2) is 0 Å². The molecule has 0 radical (unpaired) electrons. The fourth-order valence-corrected chi connectivity index (χ4v) is 2.06. The number of nitrogens with one attached hydrogen (secondary N) is 2. The summed E-state index contributed by atoms with van der Waals surface area (Å²) in [5, 5.41) is 4.70. The molecule has 18 heavy (non-hydrogen) atoms. The largest absolute Gasteiger partial charge is 0.393 e. The first-order valence-electron chi connectivity index (χ1n) is 6.23. The maximum absolute atomic E-state index is 5.57. The summed E-state index contributed by atoms with van der Waals surface area (Å²) >= 11 is 4.94. The fraction of sp³-hybridized carbons (Fsp3) is 0.357. The highest BCUT2D eigenvalue weighted by atomic mass is 32.1. The maximum Gasteiger partial charge on any atom is 0.0768 e. The summed E-state index contributed by atoms with van der Waals surface area (Å²) in [6.45, 7) is 3.83. The van der Waals surface area contributed by atoms with E-state index in [0.717, 1.165) is 19.5 Å². The second kappa shape index (κ2) is 5.98. The highest BCUT2D eigenvalue weighted by Gasteiger charge is 2.05. The Morgan fingerprint density at radius 3 is 3.00 bits per heavy atom.